The molecular formula is C21H25N3O6S. The first kappa shape index (κ1) is 24.0. The highest BCUT2D eigenvalue weighted by Crippen LogP contribution is 2.13. The van der Waals surface area contributed by atoms with E-state index in [0.29, 0.717) is 5.56 Å². The van der Waals surface area contributed by atoms with Crippen molar-refractivity contribution in [2.24, 2.45) is 5.73 Å². The Morgan fingerprint density at radius 1 is 0.806 bits per heavy atom. The van der Waals surface area contributed by atoms with Gasteiger partial charge in [0.05, 0.1) is 6.04 Å². The summed E-state index contributed by atoms with van der Waals surface area (Å²) in [5, 5.41) is 32.9. The highest BCUT2D eigenvalue weighted by Gasteiger charge is 2.27. The number of benzene rings is 2. The van der Waals surface area contributed by atoms with Gasteiger partial charge in [0, 0.05) is 12.2 Å². The van der Waals surface area contributed by atoms with E-state index in [0.717, 1.165) is 5.56 Å². The molecule has 0 unspecified atom stereocenters. The minimum absolute atomic E-state index is 0.0470. The van der Waals surface area contributed by atoms with Crippen LogP contribution in [0, 0.1) is 0 Å². The fraction of sp³-hybridized carbons (Fsp3) is 0.286. The number of thiol groups is 1. The molecule has 10 heteroatoms. The molecule has 3 atom stereocenters. The van der Waals surface area contributed by atoms with Crippen LogP contribution in [0.25, 0.3) is 0 Å². The largest absolute Gasteiger partial charge is 0.508 e. The number of carbonyl (C=O) groups excluding carboxylic acids is 2. The Hall–Kier alpha value is -3.24. The topological polar surface area (TPSA) is 162 Å². The number of aliphatic carboxylic acids is 1. The molecule has 0 spiro atoms. The van der Waals surface area contributed by atoms with E-state index in [1.165, 1.54) is 24.3 Å². The quantitative estimate of drug-likeness (QED) is 0.256. The molecule has 166 valence electrons. The number of phenolic OH excluding ortho intramolecular Hbond substituents is 2. The monoisotopic (exact) mass is 447 g/mol. The van der Waals surface area contributed by atoms with Gasteiger partial charge in [-0.15, -0.1) is 0 Å². The Morgan fingerprint density at radius 2 is 1.26 bits per heavy atom. The number of carboxylic acids is 1. The van der Waals surface area contributed by atoms with Crippen LogP contribution in [0.1, 0.15) is 11.1 Å². The lowest BCUT2D eigenvalue weighted by molar-refractivity contribution is -0.141. The molecule has 2 aromatic carbocycles. The number of rotatable bonds is 10. The summed E-state index contributed by atoms with van der Waals surface area (Å²) in [5.74, 6) is -2.52. The summed E-state index contributed by atoms with van der Waals surface area (Å²) < 4.78 is 0. The second-order valence-electron chi connectivity index (χ2n) is 6.99. The maximum atomic E-state index is 12.7. The molecule has 0 saturated heterocycles. The predicted octanol–water partition coefficient (Wildman–Crippen LogP) is 0.194. The first-order valence-electron chi connectivity index (χ1n) is 9.45. The summed E-state index contributed by atoms with van der Waals surface area (Å²) in [6.45, 7) is 0. The second kappa shape index (κ2) is 11.2. The summed E-state index contributed by atoms with van der Waals surface area (Å²) in [5.41, 5.74) is 7.34. The fourth-order valence-corrected chi connectivity index (χ4v) is 3.04. The Balaban J connectivity index is 2.12. The van der Waals surface area contributed by atoms with Crippen molar-refractivity contribution in [1.29, 1.82) is 0 Å². The van der Waals surface area contributed by atoms with Crippen molar-refractivity contribution in [3.8, 4) is 11.5 Å². The molecule has 0 aliphatic heterocycles. The molecular weight excluding hydrogens is 422 g/mol. The average Bonchev–Trinajstić information content (AvgIpc) is 2.74. The Morgan fingerprint density at radius 3 is 1.71 bits per heavy atom. The highest BCUT2D eigenvalue weighted by molar-refractivity contribution is 7.80. The molecule has 9 nitrogen and oxygen atoms in total. The van der Waals surface area contributed by atoms with Crippen LogP contribution < -0.4 is 16.4 Å². The maximum Gasteiger partial charge on any atom is 0.327 e. The third-order valence-electron chi connectivity index (χ3n) is 4.54. The molecule has 0 heterocycles. The van der Waals surface area contributed by atoms with E-state index in [4.69, 9.17) is 10.8 Å². The van der Waals surface area contributed by atoms with Gasteiger partial charge in [0.25, 0.3) is 0 Å². The van der Waals surface area contributed by atoms with Gasteiger partial charge in [-0.25, -0.2) is 4.79 Å². The van der Waals surface area contributed by atoms with E-state index < -0.39 is 35.9 Å². The summed E-state index contributed by atoms with van der Waals surface area (Å²) in [7, 11) is 0. The number of nitrogens with one attached hydrogen (secondary N) is 2. The van der Waals surface area contributed by atoms with E-state index >= 15 is 0 Å². The van der Waals surface area contributed by atoms with E-state index in [9.17, 15) is 24.6 Å². The lowest BCUT2D eigenvalue weighted by atomic mass is 10.0. The number of amides is 2. The van der Waals surface area contributed by atoms with Gasteiger partial charge >= 0.3 is 5.97 Å². The Bertz CT molecular complexity index is 904. The zero-order chi connectivity index (χ0) is 23.0. The van der Waals surface area contributed by atoms with Crippen molar-refractivity contribution in [1.82, 2.24) is 10.6 Å². The molecule has 31 heavy (non-hydrogen) atoms. The van der Waals surface area contributed by atoms with Crippen LogP contribution in [-0.4, -0.2) is 57.0 Å². The van der Waals surface area contributed by atoms with Gasteiger partial charge in [-0.3, -0.25) is 9.59 Å². The zero-order valence-electron chi connectivity index (χ0n) is 16.6. The van der Waals surface area contributed by atoms with Crippen molar-refractivity contribution in [3.05, 3.63) is 59.7 Å². The summed E-state index contributed by atoms with van der Waals surface area (Å²) in [6.07, 6.45) is 0.233. The first-order valence-corrected chi connectivity index (χ1v) is 10.1. The minimum atomic E-state index is -1.25. The Kier molecular flexibility index (Phi) is 8.71. The molecule has 0 radical (unpaired) electrons. The zero-order valence-corrected chi connectivity index (χ0v) is 17.5. The molecule has 0 aliphatic carbocycles. The van der Waals surface area contributed by atoms with Crippen LogP contribution >= 0.6 is 12.6 Å². The van der Waals surface area contributed by atoms with Crippen LogP contribution in [0.2, 0.25) is 0 Å². The fourth-order valence-electron chi connectivity index (χ4n) is 2.79. The Labute approximate surface area is 184 Å². The number of hydrogen-bond donors (Lipinski definition) is 7. The smallest absolute Gasteiger partial charge is 0.327 e. The summed E-state index contributed by atoms with van der Waals surface area (Å²) >= 11 is 3.93. The minimum Gasteiger partial charge on any atom is -0.508 e. The van der Waals surface area contributed by atoms with Gasteiger partial charge in [-0.2, -0.15) is 12.6 Å². The molecule has 0 aliphatic rings. The van der Waals surface area contributed by atoms with Crippen molar-refractivity contribution in [2.45, 2.75) is 31.0 Å². The van der Waals surface area contributed by atoms with E-state index in [1.807, 2.05) is 0 Å². The van der Waals surface area contributed by atoms with Gasteiger partial charge in [-0.05, 0) is 41.8 Å². The van der Waals surface area contributed by atoms with Gasteiger partial charge in [0.1, 0.15) is 23.6 Å². The SMILES string of the molecule is N[C@@H](Cc1ccc(O)cc1)C(=O)N[C@@H](Cc1ccc(O)cc1)C(=O)N[C@@H](CS)C(=O)O. The molecule has 2 aromatic rings. The number of nitrogens with two attached hydrogens (primary N) is 1. The molecule has 2 amide bonds. The van der Waals surface area contributed by atoms with Crippen LogP contribution in [0.3, 0.4) is 0 Å². The average molecular weight is 448 g/mol. The molecule has 0 saturated carbocycles. The highest BCUT2D eigenvalue weighted by atomic mass is 32.1. The maximum absolute atomic E-state index is 12.7. The molecule has 7 N–H and O–H groups in total. The van der Waals surface area contributed by atoms with Crippen molar-refractivity contribution >= 4 is 30.4 Å². The van der Waals surface area contributed by atoms with Gasteiger partial charge in [-0.1, -0.05) is 24.3 Å². The molecule has 0 aromatic heterocycles. The van der Waals surface area contributed by atoms with Gasteiger partial charge in [0.15, 0.2) is 0 Å². The first-order chi connectivity index (χ1) is 14.7. The van der Waals surface area contributed by atoms with Crippen molar-refractivity contribution in [3.63, 3.8) is 0 Å². The van der Waals surface area contributed by atoms with Crippen LogP contribution in [0.4, 0.5) is 0 Å². The van der Waals surface area contributed by atoms with E-state index in [2.05, 4.69) is 23.3 Å². The normalized spacial score (nSPS) is 13.6. The van der Waals surface area contributed by atoms with Crippen molar-refractivity contribution in [2.75, 3.05) is 5.75 Å². The number of carbonyl (C=O) groups is 3. The van der Waals surface area contributed by atoms with Crippen molar-refractivity contribution < 1.29 is 29.7 Å². The number of hydrogen-bond acceptors (Lipinski definition) is 7. The number of carboxylic acid groups (broad SMARTS) is 1. The summed E-state index contributed by atoms with van der Waals surface area (Å²) in [6, 6.07) is 8.99. The second-order valence-corrected chi connectivity index (χ2v) is 7.36. The lowest BCUT2D eigenvalue weighted by Gasteiger charge is -2.22. The molecule has 0 fully saturated rings. The van der Waals surface area contributed by atoms with Crippen LogP contribution in [0.5, 0.6) is 11.5 Å². The lowest BCUT2D eigenvalue weighted by Crippen LogP contribution is -2.55. The standard InChI is InChI=1S/C21H25N3O6S/c22-16(9-12-1-5-14(25)6-2-12)19(27)23-17(10-13-3-7-15(26)8-4-13)20(28)24-18(11-31)21(29)30/h1-8,16-18,25-26,31H,9-11,22H2,(H,23,27)(H,24,28)(H,29,30)/t16-,17-,18-/m0/s1. The number of aromatic hydroxyl groups is 2. The van der Waals surface area contributed by atoms with E-state index in [-0.39, 0.29) is 30.1 Å². The predicted molar refractivity (Wildman–Crippen MR) is 117 cm³/mol. The third kappa shape index (κ3) is 7.50. The van der Waals surface area contributed by atoms with Gasteiger partial charge < -0.3 is 31.7 Å². The van der Waals surface area contributed by atoms with E-state index in [1.54, 1.807) is 24.3 Å². The van der Waals surface area contributed by atoms with Crippen LogP contribution in [-0.2, 0) is 27.2 Å². The molecule has 0 bridgehead atoms. The van der Waals surface area contributed by atoms with Gasteiger partial charge in [0.2, 0.25) is 11.8 Å². The molecule has 2 rings (SSSR count). The number of phenols is 2. The van der Waals surface area contributed by atoms with Crippen LogP contribution in [0.15, 0.2) is 48.5 Å². The summed E-state index contributed by atoms with van der Waals surface area (Å²) in [4.78, 5) is 36.6. The third-order valence-corrected chi connectivity index (χ3v) is 4.90.